The van der Waals surface area contributed by atoms with Crippen molar-refractivity contribution in [3.8, 4) is 0 Å². The number of hydrogen-bond acceptors (Lipinski definition) is 3. The topological polar surface area (TPSA) is 39.1 Å². The molecule has 0 aromatic carbocycles. The van der Waals surface area contributed by atoms with Crippen LogP contribution in [0, 0.1) is 13.8 Å². The molecule has 2 heterocycles. The Bertz CT molecular complexity index is 625. The van der Waals surface area contributed by atoms with E-state index >= 15 is 0 Å². The summed E-state index contributed by atoms with van der Waals surface area (Å²) in [5, 5.41) is 0. The van der Waals surface area contributed by atoms with Crippen molar-refractivity contribution in [2.75, 3.05) is 0 Å². The van der Waals surface area contributed by atoms with E-state index in [1.165, 1.54) is 10.0 Å². The lowest BCUT2D eigenvalue weighted by Gasteiger charge is -2.04. The number of rotatable bonds is 2. The number of hydrogen-bond donors (Lipinski definition) is 0. The molecule has 6 heteroatoms. The van der Waals surface area contributed by atoms with Crippen LogP contribution in [0.3, 0.4) is 0 Å². The largest absolute Gasteiger partial charge is 0.277 e. The minimum absolute atomic E-state index is 0.260. The standard InChI is InChI=1S/C10H10ClNO2S2/c1-7-5-8(2)12(6-7)16(13,14)10-4-3-9(11)15-10/h3-6H,1-2H3. The highest BCUT2D eigenvalue weighted by molar-refractivity contribution is 7.92. The monoisotopic (exact) mass is 275 g/mol. The van der Waals surface area contributed by atoms with E-state index in [9.17, 15) is 8.42 Å². The van der Waals surface area contributed by atoms with Crippen molar-refractivity contribution in [1.29, 1.82) is 0 Å². The summed E-state index contributed by atoms with van der Waals surface area (Å²) in [5.74, 6) is 0. The van der Waals surface area contributed by atoms with Gasteiger partial charge in [0.1, 0.15) is 4.21 Å². The summed E-state index contributed by atoms with van der Waals surface area (Å²) in [4.78, 5) is 0. The third kappa shape index (κ3) is 1.90. The molecular weight excluding hydrogens is 266 g/mol. The SMILES string of the molecule is Cc1cc(C)n(S(=O)(=O)c2ccc(Cl)s2)c1. The van der Waals surface area contributed by atoms with Gasteiger partial charge in [-0.3, -0.25) is 0 Å². The molecule has 0 fully saturated rings. The Balaban J connectivity index is 2.59. The van der Waals surface area contributed by atoms with Crippen molar-refractivity contribution in [2.24, 2.45) is 0 Å². The fourth-order valence-corrected chi connectivity index (χ4v) is 4.53. The molecule has 0 saturated heterocycles. The number of aromatic nitrogens is 1. The Morgan fingerprint density at radius 3 is 2.44 bits per heavy atom. The van der Waals surface area contributed by atoms with Crippen LogP contribution in [0.5, 0.6) is 0 Å². The van der Waals surface area contributed by atoms with Gasteiger partial charge in [0.15, 0.2) is 0 Å². The number of thiophene rings is 1. The highest BCUT2D eigenvalue weighted by Crippen LogP contribution is 2.28. The first-order valence-corrected chi connectivity index (χ1v) is 7.21. The van der Waals surface area contributed by atoms with Gasteiger partial charge in [0.2, 0.25) is 0 Å². The van der Waals surface area contributed by atoms with Crippen LogP contribution in [0.2, 0.25) is 4.34 Å². The average Bonchev–Trinajstić information content (AvgIpc) is 2.73. The van der Waals surface area contributed by atoms with E-state index in [-0.39, 0.29) is 4.21 Å². The average molecular weight is 276 g/mol. The maximum absolute atomic E-state index is 12.2. The van der Waals surface area contributed by atoms with Crippen molar-refractivity contribution in [1.82, 2.24) is 3.97 Å². The molecule has 0 N–H and O–H groups in total. The summed E-state index contributed by atoms with van der Waals surface area (Å²) in [7, 11) is -3.48. The zero-order valence-corrected chi connectivity index (χ0v) is 11.2. The lowest BCUT2D eigenvalue weighted by atomic mass is 10.4. The van der Waals surface area contributed by atoms with Gasteiger partial charge >= 0.3 is 0 Å². The van der Waals surface area contributed by atoms with Crippen molar-refractivity contribution < 1.29 is 8.42 Å². The van der Waals surface area contributed by atoms with Crippen LogP contribution in [0.1, 0.15) is 11.3 Å². The maximum atomic E-state index is 12.2. The lowest BCUT2D eigenvalue weighted by molar-refractivity contribution is 0.588. The highest BCUT2D eigenvalue weighted by Gasteiger charge is 2.20. The van der Waals surface area contributed by atoms with E-state index in [1.807, 2.05) is 13.0 Å². The minimum Gasteiger partial charge on any atom is -0.245 e. The van der Waals surface area contributed by atoms with Crippen molar-refractivity contribution in [3.05, 3.63) is 40.0 Å². The van der Waals surface area contributed by atoms with Gasteiger partial charge in [-0.25, -0.2) is 3.97 Å². The molecule has 0 spiro atoms. The van der Waals surface area contributed by atoms with E-state index in [2.05, 4.69) is 0 Å². The molecule has 0 atom stereocenters. The van der Waals surface area contributed by atoms with Gasteiger partial charge in [-0.05, 0) is 37.6 Å². The first-order valence-electron chi connectivity index (χ1n) is 4.58. The molecule has 0 aliphatic rings. The van der Waals surface area contributed by atoms with Gasteiger partial charge in [0.25, 0.3) is 10.0 Å². The summed E-state index contributed by atoms with van der Waals surface area (Å²) in [6, 6.07) is 4.94. The van der Waals surface area contributed by atoms with Crippen molar-refractivity contribution in [2.45, 2.75) is 18.1 Å². The van der Waals surface area contributed by atoms with Gasteiger partial charge < -0.3 is 0 Å². The van der Waals surface area contributed by atoms with E-state index < -0.39 is 10.0 Å². The molecular formula is C10H10ClNO2S2. The van der Waals surface area contributed by atoms with Gasteiger partial charge in [-0.1, -0.05) is 11.6 Å². The molecule has 0 amide bonds. The molecule has 3 nitrogen and oxygen atoms in total. The summed E-state index contributed by atoms with van der Waals surface area (Å²) in [6.45, 7) is 3.63. The number of halogens is 1. The smallest absolute Gasteiger partial charge is 0.245 e. The lowest BCUT2D eigenvalue weighted by Crippen LogP contribution is -2.11. The minimum atomic E-state index is -3.48. The fourth-order valence-electron chi connectivity index (χ4n) is 1.51. The summed E-state index contributed by atoms with van der Waals surface area (Å²) >= 11 is 6.81. The second-order valence-corrected chi connectivity index (χ2v) is 7.28. The zero-order chi connectivity index (χ0) is 11.9. The number of aryl methyl sites for hydroxylation is 2. The van der Waals surface area contributed by atoms with Crippen LogP contribution < -0.4 is 0 Å². The Hall–Kier alpha value is -0.780. The van der Waals surface area contributed by atoms with E-state index in [0.717, 1.165) is 16.9 Å². The number of nitrogens with zero attached hydrogens (tertiary/aromatic N) is 1. The Kier molecular flexibility index (Phi) is 2.86. The van der Waals surface area contributed by atoms with Crippen LogP contribution in [0.15, 0.2) is 28.6 Å². The second kappa shape index (κ2) is 3.91. The van der Waals surface area contributed by atoms with E-state index in [1.54, 1.807) is 19.2 Å². The highest BCUT2D eigenvalue weighted by atomic mass is 35.5. The Morgan fingerprint density at radius 2 is 2.00 bits per heavy atom. The van der Waals surface area contributed by atoms with Crippen LogP contribution in [-0.4, -0.2) is 12.4 Å². The van der Waals surface area contributed by atoms with Crippen LogP contribution in [0.25, 0.3) is 0 Å². The van der Waals surface area contributed by atoms with Crippen molar-refractivity contribution in [3.63, 3.8) is 0 Å². The third-order valence-corrected chi connectivity index (χ3v) is 5.63. The molecule has 0 aliphatic heterocycles. The summed E-state index contributed by atoms with van der Waals surface area (Å²) < 4.78 is 26.4. The van der Waals surface area contributed by atoms with Crippen LogP contribution >= 0.6 is 22.9 Å². The third-order valence-electron chi connectivity index (χ3n) is 2.17. The van der Waals surface area contributed by atoms with Crippen LogP contribution in [-0.2, 0) is 10.0 Å². The predicted octanol–water partition coefficient (Wildman–Crippen LogP) is 3.06. The van der Waals surface area contributed by atoms with Gasteiger partial charge in [0, 0.05) is 11.9 Å². The Labute approximate surface area is 103 Å². The molecule has 0 aliphatic carbocycles. The van der Waals surface area contributed by atoms with E-state index in [4.69, 9.17) is 11.6 Å². The predicted molar refractivity (Wildman–Crippen MR) is 65.8 cm³/mol. The molecule has 16 heavy (non-hydrogen) atoms. The van der Waals surface area contributed by atoms with Crippen molar-refractivity contribution >= 4 is 33.0 Å². The molecule has 2 aromatic heterocycles. The van der Waals surface area contributed by atoms with Crippen LogP contribution in [0.4, 0.5) is 0 Å². The molecule has 86 valence electrons. The molecule has 2 rings (SSSR count). The van der Waals surface area contributed by atoms with E-state index in [0.29, 0.717) is 10.0 Å². The van der Waals surface area contributed by atoms with Gasteiger partial charge in [0.05, 0.1) is 4.34 Å². The molecule has 0 saturated carbocycles. The molecule has 2 aromatic rings. The first kappa shape index (κ1) is 11.7. The first-order chi connectivity index (χ1) is 7.41. The van der Waals surface area contributed by atoms with Gasteiger partial charge in [-0.2, -0.15) is 8.42 Å². The maximum Gasteiger partial charge on any atom is 0.277 e. The zero-order valence-electron chi connectivity index (χ0n) is 8.77. The summed E-state index contributed by atoms with van der Waals surface area (Å²) in [5.41, 5.74) is 1.62. The molecule has 0 radical (unpaired) electrons. The van der Waals surface area contributed by atoms with Gasteiger partial charge in [-0.15, -0.1) is 11.3 Å². The molecule has 0 bridgehead atoms. The fraction of sp³-hybridized carbons (Fsp3) is 0.200. The quantitative estimate of drug-likeness (QED) is 0.845. The normalized spacial score (nSPS) is 11.9. The molecule has 0 unspecified atom stereocenters. The summed E-state index contributed by atoms with van der Waals surface area (Å²) in [6.07, 6.45) is 1.61. The Morgan fingerprint density at radius 1 is 1.31 bits per heavy atom. The second-order valence-electron chi connectivity index (χ2n) is 3.52.